The maximum atomic E-state index is 13.4. The van der Waals surface area contributed by atoms with Crippen LogP contribution in [0.5, 0.6) is 5.75 Å². The molecule has 7 nitrogen and oxygen atoms in total. The van der Waals surface area contributed by atoms with Crippen molar-refractivity contribution in [1.29, 1.82) is 0 Å². The maximum Gasteiger partial charge on any atom is 0.337 e. The lowest BCUT2D eigenvalue weighted by Gasteiger charge is -2.28. The number of anilines is 1. The second-order valence-corrected chi connectivity index (χ2v) is 8.03. The first-order chi connectivity index (χ1) is 17.0. The number of nitrogens with zero attached hydrogens (tertiary/aromatic N) is 1. The van der Waals surface area contributed by atoms with Gasteiger partial charge in [-0.15, -0.1) is 0 Å². The van der Waals surface area contributed by atoms with Gasteiger partial charge in [-0.05, 0) is 42.3 Å². The van der Waals surface area contributed by atoms with Crippen molar-refractivity contribution in [3.05, 3.63) is 107 Å². The summed E-state index contributed by atoms with van der Waals surface area (Å²) >= 11 is 0. The number of carbonyl (C=O) groups excluding carboxylic acids is 3. The summed E-state index contributed by atoms with van der Waals surface area (Å²) in [6.45, 7) is 0. The molecule has 0 spiro atoms. The third-order valence-electron chi connectivity index (χ3n) is 5.99. The predicted molar refractivity (Wildman–Crippen MR) is 130 cm³/mol. The zero-order valence-electron chi connectivity index (χ0n) is 19.4. The standard InChI is InChI=1S/C28H25NO6/c1-34-23-11-7-6-10-21(23)25-24(22(30)17-12-18-8-4-3-5-9-18)26(31)27(32)29(25)20-15-13-19(14-16-20)28(33)35-2/h3-11,13-16,25,31H,12,17H2,1-2H3. The highest BCUT2D eigenvalue weighted by molar-refractivity contribution is 6.16. The van der Waals surface area contributed by atoms with E-state index >= 15 is 0 Å². The van der Waals surface area contributed by atoms with Gasteiger partial charge in [-0.3, -0.25) is 14.5 Å². The first-order valence-corrected chi connectivity index (χ1v) is 11.1. The van der Waals surface area contributed by atoms with Crippen molar-refractivity contribution in [2.45, 2.75) is 18.9 Å². The van der Waals surface area contributed by atoms with Crippen LogP contribution in [0.3, 0.4) is 0 Å². The van der Waals surface area contributed by atoms with Crippen LogP contribution in [0.1, 0.15) is 33.9 Å². The number of para-hydroxylation sites is 1. The molecule has 0 aromatic heterocycles. The molecule has 1 unspecified atom stereocenters. The predicted octanol–water partition coefficient (Wildman–Crippen LogP) is 4.58. The summed E-state index contributed by atoms with van der Waals surface area (Å²) in [5, 5.41) is 10.9. The van der Waals surface area contributed by atoms with Gasteiger partial charge in [0, 0.05) is 17.7 Å². The summed E-state index contributed by atoms with van der Waals surface area (Å²) in [5.74, 6) is -1.65. The van der Waals surface area contributed by atoms with Crippen LogP contribution in [0, 0.1) is 0 Å². The molecule has 0 saturated heterocycles. The molecule has 1 atom stereocenters. The van der Waals surface area contributed by atoms with Crippen molar-refractivity contribution in [3.8, 4) is 5.75 Å². The van der Waals surface area contributed by atoms with Gasteiger partial charge in [-0.1, -0.05) is 48.5 Å². The molecule has 0 radical (unpaired) electrons. The fraction of sp³-hybridized carbons (Fsp3) is 0.179. The summed E-state index contributed by atoms with van der Waals surface area (Å²) in [5.41, 5.74) is 2.29. The fourth-order valence-corrected chi connectivity index (χ4v) is 4.26. The van der Waals surface area contributed by atoms with Crippen LogP contribution in [-0.4, -0.2) is 37.0 Å². The van der Waals surface area contributed by atoms with E-state index in [1.807, 2.05) is 30.3 Å². The first-order valence-electron chi connectivity index (χ1n) is 11.1. The van der Waals surface area contributed by atoms with Gasteiger partial charge >= 0.3 is 5.97 Å². The molecule has 3 aromatic rings. The van der Waals surface area contributed by atoms with Crippen LogP contribution in [0.2, 0.25) is 0 Å². The summed E-state index contributed by atoms with van der Waals surface area (Å²) in [6, 6.07) is 21.9. The Morgan fingerprint density at radius 2 is 1.57 bits per heavy atom. The Kier molecular flexibility index (Phi) is 6.96. The average molecular weight is 472 g/mol. The van der Waals surface area contributed by atoms with E-state index in [4.69, 9.17) is 9.47 Å². The zero-order valence-corrected chi connectivity index (χ0v) is 19.4. The minimum absolute atomic E-state index is 0.0208. The number of methoxy groups -OCH3 is 2. The molecule has 7 heteroatoms. The van der Waals surface area contributed by atoms with Gasteiger partial charge in [0.15, 0.2) is 11.5 Å². The SMILES string of the molecule is COC(=O)c1ccc(N2C(=O)C(O)=C(C(=O)CCc3ccccc3)C2c2ccccc2OC)cc1. The van der Waals surface area contributed by atoms with Gasteiger partial charge in [-0.25, -0.2) is 4.79 Å². The second kappa shape index (κ2) is 10.3. The number of carbonyl (C=O) groups is 3. The second-order valence-electron chi connectivity index (χ2n) is 8.03. The maximum absolute atomic E-state index is 13.4. The van der Waals surface area contributed by atoms with Crippen LogP contribution in [0.4, 0.5) is 5.69 Å². The summed E-state index contributed by atoms with van der Waals surface area (Å²) in [6.07, 6.45) is 0.592. The lowest BCUT2D eigenvalue weighted by Crippen LogP contribution is -2.31. The fourth-order valence-electron chi connectivity index (χ4n) is 4.26. The van der Waals surface area contributed by atoms with Crippen LogP contribution in [0.15, 0.2) is 90.2 Å². The van der Waals surface area contributed by atoms with Gasteiger partial charge in [0.2, 0.25) is 0 Å². The third-order valence-corrected chi connectivity index (χ3v) is 5.99. The van der Waals surface area contributed by atoms with E-state index in [-0.39, 0.29) is 17.8 Å². The Hall–Kier alpha value is -4.39. The Labute approximate surface area is 203 Å². The molecular formula is C28H25NO6. The minimum atomic E-state index is -0.897. The van der Waals surface area contributed by atoms with E-state index in [1.165, 1.54) is 31.3 Å². The number of hydrogen-bond acceptors (Lipinski definition) is 6. The number of aliphatic hydroxyl groups is 1. The van der Waals surface area contributed by atoms with E-state index in [0.717, 1.165) is 5.56 Å². The van der Waals surface area contributed by atoms with E-state index in [9.17, 15) is 19.5 Å². The monoisotopic (exact) mass is 471 g/mol. The summed E-state index contributed by atoms with van der Waals surface area (Å²) in [4.78, 5) is 39.9. The van der Waals surface area contributed by atoms with E-state index < -0.39 is 23.7 Å². The molecular weight excluding hydrogens is 446 g/mol. The topological polar surface area (TPSA) is 93.1 Å². The Balaban J connectivity index is 1.75. The number of rotatable bonds is 8. The van der Waals surface area contributed by atoms with Crippen molar-refractivity contribution < 1.29 is 29.0 Å². The Bertz CT molecular complexity index is 1280. The molecule has 178 valence electrons. The molecule has 1 heterocycles. The number of hydrogen-bond donors (Lipinski definition) is 1. The van der Waals surface area contributed by atoms with Crippen molar-refractivity contribution in [2.24, 2.45) is 0 Å². The number of aryl methyl sites for hydroxylation is 1. The molecule has 1 amide bonds. The highest BCUT2D eigenvalue weighted by Crippen LogP contribution is 2.44. The van der Waals surface area contributed by atoms with Gasteiger partial charge in [0.05, 0.1) is 31.4 Å². The largest absolute Gasteiger partial charge is 0.503 e. The number of benzene rings is 3. The number of Topliss-reactive ketones (excluding diaryl/α,β-unsaturated/α-hetero) is 1. The number of amides is 1. The molecule has 0 saturated carbocycles. The normalized spacial score (nSPS) is 15.3. The molecule has 0 fully saturated rings. The number of ketones is 1. The molecule has 4 rings (SSSR count). The third kappa shape index (κ3) is 4.66. The van der Waals surface area contributed by atoms with E-state index in [2.05, 4.69) is 0 Å². The van der Waals surface area contributed by atoms with Crippen molar-refractivity contribution in [1.82, 2.24) is 0 Å². The first kappa shape index (κ1) is 23.8. The van der Waals surface area contributed by atoms with Crippen LogP contribution >= 0.6 is 0 Å². The number of ether oxygens (including phenoxy) is 2. The Morgan fingerprint density at radius 3 is 2.23 bits per heavy atom. The van der Waals surface area contributed by atoms with Crippen molar-refractivity contribution in [2.75, 3.05) is 19.1 Å². The van der Waals surface area contributed by atoms with Gasteiger partial charge in [-0.2, -0.15) is 0 Å². The molecule has 1 N–H and O–H groups in total. The Morgan fingerprint density at radius 1 is 0.914 bits per heavy atom. The zero-order chi connectivity index (χ0) is 24.9. The average Bonchev–Trinajstić information content (AvgIpc) is 3.17. The molecule has 35 heavy (non-hydrogen) atoms. The molecule has 0 bridgehead atoms. The molecule has 1 aliphatic rings. The van der Waals surface area contributed by atoms with Gasteiger partial charge in [0.1, 0.15) is 5.75 Å². The quantitative estimate of drug-likeness (QED) is 0.483. The number of esters is 1. The summed E-state index contributed by atoms with van der Waals surface area (Å²) in [7, 11) is 2.79. The van der Waals surface area contributed by atoms with Crippen LogP contribution in [0.25, 0.3) is 0 Å². The highest BCUT2D eigenvalue weighted by Gasteiger charge is 2.45. The molecule has 0 aliphatic carbocycles. The van der Waals surface area contributed by atoms with Gasteiger partial charge < -0.3 is 14.6 Å². The molecule has 3 aromatic carbocycles. The van der Waals surface area contributed by atoms with E-state index in [0.29, 0.717) is 29.0 Å². The van der Waals surface area contributed by atoms with Crippen molar-refractivity contribution >= 4 is 23.3 Å². The smallest absolute Gasteiger partial charge is 0.337 e. The van der Waals surface area contributed by atoms with Crippen molar-refractivity contribution in [3.63, 3.8) is 0 Å². The highest BCUT2D eigenvalue weighted by atomic mass is 16.5. The lowest BCUT2D eigenvalue weighted by molar-refractivity contribution is -0.118. The number of aliphatic hydroxyl groups excluding tert-OH is 1. The summed E-state index contributed by atoms with van der Waals surface area (Å²) < 4.78 is 10.3. The molecule has 1 aliphatic heterocycles. The van der Waals surface area contributed by atoms with Gasteiger partial charge in [0.25, 0.3) is 5.91 Å². The minimum Gasteiger partial charge on any atom is -0.503 e. The van der Waals surface area contributed by atoms with Crippen LogP contribution < -0.4 is 9.64 Å². The van der Waals surface area contributed by atoms with E-state index in [1.54, 1.807) is 36.4 Å². The van der Waals surface area contributed by atoms with Crippen LogP contribution in [-0.2, 0) is 20.7 Å². The lowest BCUT2D eigenvalue weighted by atomic mass is 9.92.